The van der Waals surface area contributed by atoms with E-state index in [1.165, 1.54) is 22.1 Å². The molecule has 0 unspecified atom stereocenters. The fourth-order valence-electron chi connectivity index (χ4n) is 4.98. The number of amides is 1. The fourth-order valence-corrected chi connectivity index (χ4v) is 6.10. The van der Waals surface area contributed by atoms with Crippen molar-refractivity contribution in [2.75, 3.05) is 19.6 Å². The molecule has 1 aromatic carbocycles. The molecule has 2 fully saturated rings. The lowest BCUT2D eigenvalue weighted by Gasteiger charge is -2.44. The Morgan fingerprint density at radius 2 is 1.94 bits per heavy atom. The van der Waals surface area contributed by atoms with Gasteiger partial charge < -0.3 is 4.90 Å². The summed E-state index contributed by atoms with van der Waals surface area (Å²) >= 11 is 1.45. The quantitative estimate of drug-likeness (QED) is 0.540. The molecule has 0 N–H and O–H groups in total. The van der Waals surface area contributed by atoms with Gasteiger partial charge >= 0.3 is 12.2 Å². The van der Waals surface area contributed by atoms with Crippen molar-refractivity contribution >= 4 is 27.5 Å². The Hall–Kier alpha value is -2.39. The molecule has 2 aliphatic heterocycles. The van der Waals surface area contributed by atoms with Gasteiger partial charge in [-0.2, -0.15) is 23.0 Å². The maximum atomic E-state index is 13.0. The van der Waals surface area contributed by atoms with Crippen molar-refractivity contribution in [3.8, 4) is 0 Å². The number of fused-ring (bicyclic) bond motifs is 1. The second-order valence-corrected chi connectivity index (χ2v) is 9.60. The van der Waals surface area contributed by atoms with Crippen LogP contribution in [0.2, 0.25) is 0 Å². The Kier molecular flexibility index (Phi) is 5.05. The number of alkyl halides is 3. The zero-order chi connectivity index (χ0) is 21.6. The van der Waals surface area contributed by atoms with Gasteiger partial charge in [-0.1, -0.05) is 6.07 Å². The number of piperidine rings is 1. The highest BCUT2D eigenvalue weighted by atomic mass is 32.1. The van der Waals surface area contributed by atoms with Crippen LogP contribution in [0, 0.1) is 0 Å². The molecule has 1 amide bonds. The minimum Gasteiger partial charge on any atom is -0.323 e. The number of nitrogens with zero attached hydrogens (tertiary/aromatic N) is 4. The predicted octanol–water partition coefficient (Wildman–Crippen LogP) is 5.22. The van der Waals surface area contributed by atoms with Crippen LogP contribution in [0.1, 0.15) is 36.1 Å². The molecule has 2 aromatic heterocycles. The highest BCUT2D eigenvalue weighted by molar-refractivity contribution is 7.19. The first-order valence-electron chi connectivity index (χ1n) is 10.5. The van der Waals surface area contributed by atoms with Crippen LogP contribution in [0.5, 0.6) is 0 Å². The van der Waals surface area contributed by atoms with Gasteiger partial charge in [0.1, 0.15) is 0 Å². The third-order valence-corrected chi connectivity index (χ3v) is 7.73. The standard InChI is InChI=1S/C22H23F3N4OS/c23-22(24,25)17-4-3-16-13-18(31-19(16)14-17)15-28-9-1-5-21(28)6-11-27(12-7-21)20(30)29-10-2-8-26-29/h2-4,8,10,13-14H,1,5-7,9,11-12,15H2. The second kappa shape index (κ2) is 7.63. The van der Waals surface area contributed by atoms with E-state index >= 15 is 0 Å². The van der Waals surface area contributed by atoms with Gasteiger partial charge in [-0.25, -0.2) is 4.79 Å². The van der Waals surface area contributed by atoms with Gasteiger partial charge in [-0.3, -0.25) is 4.90 Å². The summed E-state index contributed by atoms with van der Waals surface area (Å²) in [4.78, 5) is 18.0. The highest BCUT2D eigenvalue weighted by Crippen LogP contribution is 2.41. The van der Waals surface area contributed by atoms with E-state index in [1.807, 2.05) is 11.0 Å². The van der Waals surface area contributed by atoms with Crippen LogP contribution in [-0.2, 0) is 12.7 Å². The summed E-state index contributed by atoms with van der Waals surface area (Å²) in [5, 5.41) is 4.90. The topological polar surface area (TPSA) is 41.4 Å². The summed E-state index contributed by atoms with van der Waals surface area (Å²) in [6, 6.07) is 7.64. The van der Waals surface area contributed by atoms with Crippen LogP contribution in [-0.4, -0.2) is 50.8 Å². The van der Waals surface area contributed by atoms with Gasteiger partial charge in [-0.15, -0.1) is 11.3 Å². The minimum atomic E-state index is -4.32. The summed E-state index contributed by atoms with van der Waals surface area (Å²) in [5.41, 5.74) is -0.533. The Bertz CT molecular complexity index is 1080. The van der Waals surface area contributed by atoms with Crippen molar-refractivity contribution in [1.82, 2.24) is 19.6 Å². The molecule has 0 aliphatic carbocycles. The number of rotatable bonds is 2. The average Bonchev–Trinajstić information content (AvgIpc) is 3.48. The van der Waals surface area contributed by atoms with E-state index < -0.39 is 11.7 Å². The van der Waals surface area contributed by atoms with Gasteiger partial charge in [-0.05, 0) is 61.9 Å². The first-order valence-corrected chi connectivity index (χ1v) is 11.3. The molecule has 2 aliphatic rings. The van der Waals surface area contributed by atoms with Crippen molar-refractivity contribution < 1.29 is 18.0 Å². The van der Waals surface area contributed by atoms with E-state index in [4.69, 9.17) is 0 Å². The molecular weight excluding hydrogens is 425 g/mol. The SMILES string of the molecule is O=C(N1CCC2(CCCN2Cc2cc3ccc(C(F)(F)F)cc3s2)CC1)n1cccn1. The molecule has 164 valence electrons. The highest BCUT2D eigenvalue weighted by Gasteiger charge is 2.44. The molecule has 31 heavy (non-hydrogen) atoms. The molecule has 2 saturated heterocycles. The Morgan fingerprint density at radius 3 is 2.65 bits per heavy atom. The molecule has 1 spiro atoms. The first kappa shape index (κ1) is 20.5. The predicted molar refractivity (Wildman–Crippen MR) is 113 cm³/mol. The summed E-state index contributed by atoms with van der Waals surface area (Å²) < 4.78 is 41.1. The first-order chi connectivity index (χ1) is 14.8. The Morgan fingerprint density at radius 1 is 1.13 bits per heavy atom. The Labute approximate surface area is 182 Å². The maximum Gasteiger partial charge on any atom is 0.416 e. The molecule has 3 aromatic rings. The van der Waals surface area contributed by atoms with Crippen molar-refractivity contribution in [2.45, 2.75) is 43.9 Å². The molecule has 0 atom stereocenters. The zero-order valence-corrected chi connectivity index (χ0v) is 17.8. The van der Waals surface area contributed by atoms with Gasteiger partial charge in [0.25, 0.3) is 0 Å². The number of benzene rings is 1. The molecule has 9 heteroatoms. The van der Waals surface area contributed by atoms with Crippen molar-refractivity contribution in [3.05, 3.63) is 53.2 Å². The Balaban J connectivity index is 1.29. The number of carbonyl (C=O) groups is 1. The number of halogens is 3. The van der Waals surface area contributed by atoms with E-state index in [1.54, 1.807) is 24.5 Å². The lowest BCUT2D eigenvalue weighted by molar-refractivity contribution is -0.137. The lowest BCUT2D eigenvalue weighted by atomic mass is 9.85. The molecule has 0 radical (unpaired) electrons. The largest absolute Gasteiger partial charge is 0.416 e. The van der Waals surface area contributed by atoms with Gasteiger partial charge in [0, 0.05) is 47.1 Å². The van der Waals surface area contributed by atoms with Gasteiger partial charge in [0.15, 0.2) is 0 Å². The van der Waals surface area contributed by atoms with Gasteiger partial charge in [0.2, 0.25) is 0 Å². The number of hydrogen-bond acceptors (Lipinski definition) is 4. The number of thiophene rings is 1. The van der Waals surface area contributed by atoms with Crippen LogP contribution in [0.15, 0.2) is 42.7 Å². The van der Waals surface area contributed by atoms with Crippen molar-refractivity contribution in [1.29, 1.82) is 0 Å². The normalized spacial score (nSPS) is 19.5. The van der Waals surface area contributed by atoms with Gasteiger partial charge in [0.05, 0.1) is 5.56 Å². The van der Waals surface area contributed by atoms with Crippen LogP contribution < -0.4 is 0 Å². The summed E-state index contributed by atoms with van der Waals surface area (Å²) in [6.07, 6.45) is 2.96. The van der Waals surface area contributed by atoms with E-state index in [2.05, 4.69) is 10.00 Å². The smallest absolute Gasteiger partial charge is 0.323 e. The second-order valence-electron chi connectivity index (χ2n) is 8.43. The lowest BCUT2D eigenvalue weighted by Crippen LogP contribution is -2.53. The minimum absolute atomic E-state index is 0.0637. The van der Waals surface area contributed by atoms with E-state index in [0.717, 1.165) is 55.1 Å². The van der Waals surface area contributed by atoms with E-state index in [0.29, 0.717) is 17.8 Å². The number of likely N-dealkylation sites (tertiary alicyclic amines) is 2. The van der Waals surface area contributed by atoms with Crippen LogP contribution in [0.25, 0.3) is 10.1 Å². The molecular formula is C22H23F3N4OS. The average molecular weight is 449 g/mol. The third-order valence-electron chi connectivity index (χ3n) is 6.65. The molecule has 0 bridgehead atoms. The number of aromatic nitrogens is 2. The van der Waals surface area contributed by atoms with Crippen LogP contribution in [0.3, 0.4) is 0 Å². The maximum absolute atomic E-state index is 13.0. The van der Waals surface area contributed by atoms with Crippen LogP contribution in [0.4, 0.5) is 18.0 Å². The molecule has 0 saturated carbocycles. The zero-order valence-electron chi connectivity index (χ0n) is 16.9. The monoisotopic (exact) mass is 448 g/mol. The van der Waals surface area contributed by atoms with E-state index in [9.17, 15) is 18.0 Å². The van der Waals surface area contributed by atoms with Crippen molar-refractivity contribution in [2.24, 2.45) is 0 Å². The van der Waals surface area contributed by atoms with E-state index in [-0.39, 0.29) is 11.6 Å². The third kappa shape index (κ3) is 3.85. The number of carbonyl (C=O) groups excluding carboxylic acids is 1. The molecule has 5 nitrogen and oxygen atoms in total. The molecule has 4 heterocycles. The summed E-state index contributed by atoms with van der Waals surface area (Å²) in [5.74, 6) is 0. The van der Waals surface area contributed by atoms with Crippen LogP contribution >= 0.6 is 11.3 Å². The fraction of sp³-hybridized carbons (Fsp3) is 0.455. The number of hydrogen-bond donors (Lipinski definition) is 0. The molecule has 5 rings (SSSR count). The summed E-state index contributed by atoms with van der Waals surface area (Å²) in [7, 11) is 0. The van der Waals surface area contributed by atoms with Crippen molar-refractivity contribution in [3.63, 3.8) is 0 Å². The summed E-state index contributed by atoms with van der Waals surface area (Å²) in [6.45, 7) is 3.11.